The number of carboxylic acids is 1. The van der Waals surface area contributed by atoms with E-state index in [2.05, 4.69) is 24.3 Å². The van der Waals surface area contributed by atoms with Gasteiger partial charge in [0, 0.05) is 12.0 Å². The average Bonchev–Trinajstić information content (AvgIpc) is 3.10. The van der Waals surface area contributed by atoms with Gasteiger partial charge >= 0.3 is 12.1 Å². The first-order valence-electron chi connectivity index (χ1n) is 11.0. The molecule has 2 aromatic carbocycles. The van der Waals surface area contributed by atoms with Gasteiger partial charge in [-0.2, -0.15) is 0 Å². The molecule has 0 spiro atoms. The molecule has 5 nitrogen and oxygen atoms in total. The van der Waals surface area contributed by atoms with Gasteiger partial charge in [0.15, 0.2) is 0 Å². The van der Waals surface area contributed by atoms with Gasteiger partial charge in [0.1, 0.15) is 12.6 Å². The lowest BCUT2D eigenvalue weighted by Gasteiger charge is -2.46. The molecular weight excluding hydrogens is 378 g/mol. The zero-order valence-corrected chi connectivity index (χ0v) is 17.0. The van der Waals surface area contributed by atoms with E-state index in [1.54, 1.807) is 4.90 Å². The Hall–Kier alpha value is -2.82. The van der Waals surface area contributed by atoms with Crippen LogP contribution in [0.25, 0.3) is 11.1 Å². The molecule has 1 N–H and O–H groups in total. The van der Waals surface area contributed by atoms with Crippen LogP contribution in [0.4, 0.5) is 4.79 Å². The third kappa shape index (κ3) is 3.17. The van der Waals surface area contributed by atoms with Crippen molar-refractivity contribution in [3.05, 3.63) is 59.7 Å². The highest BCUT2D eigenvalue weighted by molar-refractivity contribution is 5.81. The second-order valence-corrected chi connectivity index (χ2v) is 8.75. The highest BCUT2D eigenvalue weighted by Crippen LogP contribution is 2.45. The molecule has 1 saturated heterocycles. The van der Waals surface area contributed by atoms with Gasteiger partial charge in [-0.3, -0.25) is 4.90 Å². The third-order valence-electron chi connectivity index (χ3n) is 7.20. The molecular formula is C25H27NO4. The van der Waals surface area contributed by atoms with Crippen LogP contribution in [0.15, 0.2) is 48.5 Å². The van der Waals surface area contributed by atoms with Crippen LogP contribution in [0, 0.1) is 5.92 Å². The number of rotatable bonds is 3. The maximum Gasteiger partial charge on any atom is 0.410 e. The van der Waals surface area contributed by atoms with E-state index in [4.69, 9.17) is 4.74 Å². The lowest BCUT2D eigenvalue weighted by atomic mass is 9.76. The molecule has 5 heteroatoms. The van der Waals surface area contributed by atoms with Gasteiger partial charge in [0.2, 0.25) is 0 Å². The predicted octanol–water partition coefficient (Wildman–Crippen LogP) is 5.04. The summed E-state index contributed by atoms with van der Waals surface area (Å²) in [4.78, 5) is 26.6. The van der Waals surface area contributed by atoms with Crippen molar-refractivity contribution in [2.45, 2.75) is 56.5 Å². The largest absolute Gasteiger partial charge is 0.480 e. The Bertz CT molecular complexity index is 926. The first kappa shape index (κ1) is 19.2. The number of amides is 1. The van der Waals surface area contributed by atoms with Crippen molar-refractivity contribution < 1.29 is 19.4 Å². The van der Waals surface area contributed by atoms with E-state index in [-0.39, 0.29) is 18.6 Å². The summed E-state index contributed by atoms with van der Waals surface area (Å²) in [5, 5.41) is 9.74. The van der Waals surface area contributed by atoms with Crippen molar-refractivity contribution in [1.82, 2.24) is 4.90 Å². The number of nitrogens with zero attached hydrogens (tertiary/aromatic N) is 1. The summed E-state index contributed by atoms with van der Waals surface area (Å²) in [6.07, 6.45) is 5.08. The molecule has 1 saturated carbocycles. The summed E-state index contributed by atoms with van der Waals surface area (Å²) in [6.45, 7) is 0.229. The number of carbonyl (C=O) groups excluding carboxylic acids is 1. The summed E-state index contributed by atoms with van der Waals surface area (Å²) >= 11 is 0. The standard InChI is InChI=1S/C25H27NO4/c27-24(28)23-14-13-16-7-1-6-12-22(16)26(23)25(29)30-15-21-19-10-4-2-8-17(19)18-9-3-5-11-20(18)21/h2-5,8-11,16,21-23H,1,6-7,12-15H2,(H,27,28). The van der Waals surface area contributed by atoms with Crippen molar-refractivity contribution in [1.29, 1.82) is 0 Å². The van der Waals surface area contributed by atoms with Gasteiger partial charge in [0.25, 0.3) is 0 Å². The van der Waals surface area contributed by atoms with Crippen LogP contribution in [0.2, 0.25) is 0 Å². The Morgan fingerprint density at radius 1 is 0.900 bits per heavy atom. The molecule has 1 aliphatic heterocycles. The zero-order chi connectivity index (χ0) is 20.7. The van der Waals surface area contributed by atoms with E-state index < -0.39 is 18.1 Å². The molecule has 1 heterocycles. The molecule has 156 valence electrons. The Kier molecular flexibility index (Phi) is 4.97. The number of piperidine rings is 1. The fourth-order valence-corrected chi connectivity index (χ4v) is 5.81. The molecule has 0 aromatic heterocycles. The van der Waals surface area contributed by atoms with E-state index in [9.17, 15) is 14.7 Å². The fraction of sp³-hybridized carbons (Fsp3) is 0.440. The third-order valence-corrected chi connectivity index (χ3v) is 7.20. The molecule has 0 radical (unpaired) electrons. The fourth-order valence-electron chi connectivity index (χ4n) is 5.81. The van der Waals surface area contributed by atoms with Crippen molar-refractivity contribution >= 4 is 12.1 Å². The van der Waals surface area contributed by atoms with E-state index in [0.29, 0.717) is 12.3 Å². The monoisotopic (exact) mass is 405 g/mol. The number of benzene rings is 2. The Morgan fingerprint density at radius 2 is 1.53 bits per heavy atom. The Morgan fingerprint density at radius 3 is 2.20 bits per heavy atom. The Balaban J connectivity index is 1.38. The number of aliphatic carboxylic acids is 1. The van der Waals surface area contributed by atoms with Crippen molar-refractivity contribution in [2.75, 3.05) is 6.61 Å². The van der Waals surface area contributed by atoms with E-state index >= 15 is 0 Å². The molecule has 2 aromatic rings. The lowest BCUT2D eigenvalue weighted by molar-refractivity contribution is -0.146. The van der Waals surface area contributed by atoms with Gasteiger partial charge in [0.05, 0.1) is 0 Å². The van der Waals surface area contributed by atoms with Crippen LogP contribution in [0.5, 0.6) is 0 Å². The highest BCUT2D eigenvalue weighted by atomic mass is 16.6. The number of hydrogen-bond donors (Lipinski definition) is 1. The number of carbonyl (C=O) groups is 2. The van der Waals surface area contributed by atoms with Crippen LogP contribution >= 0.6 is 0 Å². The number of hydrogen-bond acceptors (Lipinski definition) is 3. The van der Waals surface area contributed by atoms with Gasteiger partial charge in [-0.1, -0.05) is 61.4 Å². The summed E-state index contributed by atoms with van der Waals surface area (Å²) in [5.74, 6) is -0.543. The predicted molar refractivity (Wildman–Crippen MR) is 113 cm³/mol. The van der Waals surface area contributed by atoms with Crippen LogP contribution in [-0.2, 0) is 9.53 Å². The summed E-state index contributed by atoms with van der Waals surface area (Å²) in [7, 11) is 0. The molecule has 3 unspecified atom stereocenters. The van der Waals surface area contributed by atoms with Crippen molar-refractivity contribution in [2.24, 2.45) is 5.92 Å². The second-order valence-electron chi connectivity index (χ2n) is 8.75. The van der Waals surface area contributed by atoms with Crippen molar-refractivity contribution in [3.63, 3.8) is 0 Å². The number of carboxylic acid groups (broad SMARTS) is 1. The van der Waals surface area contributed by atoms with Crippen LogP contribution < -0.4 is 0 Å². The molecule has 0 bridgehead atoms. The number of ether oxygens (including phenoxy) is 1. The molecule has 2 fully saturated rings. The maximum atomic E-state index is 13.2. The number of likely N-dealkylation sites (tertiary alicyclic amines) is 1. The molecule has 1 amide bonds. The second kappa shape index (κ2) is 7.78. The average molecular weight is 405 g/mol. The first-order chi connectivity index (χ1) is 14.6. The van der Waals surface area contributed by atoms with Gasteiger partial charge in [-0.15, -0.1) is 0 Å². The van der Waals surface area contributed by atoms with Gasteiger partial charge in [-0.05, 0) is 53.9 Å². The van der Waals surface area contributed by atoms with E-state index in [0.717, 1.165) is 43.2 Å². The summed E-state index contributed by atoms with van der Waals surface area (Å²) in [5.41, 5.74) is 4.69. The van der Waals surface area contributed by atoms with Gasteiger partial charge < -0.3 is 9.84 Å². The smallest absolute Gasteiger partial charge is 0.410 e. The quantitative estimate of drug-likeness (QED) is 0.777. The molecule has 30 heavy (non-hydrogen) atoms. The minimum Gasteiger partial charge on any atom is -0.480 e. The topological polar surface area (TPSA) is 66.8 Å². The van der Waals surface area contributed by atoms with Crippen LogP contribution in [0.3, 0.4) is 0 Å². The van der Waals surface area contributed by atoms with E-state index in [1.807, 2.05) is 24.3 Å². The summed E-state index contributed by atoms with van der Waals surface area (Å²) in [6, 6.07) is 15.7. The zero-order valence-electron chi connectivity index (χ0n) is 17.0. The van der Waals surface area contributed by atoms with E-state index in [1.165, 1.54) is 11.1 Å². The highest BCUT2D eigenvalue weighted by Gasteiger charge is 2.45. The number of fused-ring (bicyclic) bond motifs is 4. The molecule has 5 rings (SSSR count). The van der Waals surface area contributed by atoms with Crippen LogP contribution in [0.1, 0.15) is 55.6 Å². The summed E-state index contributed by atoms with van der Waals surface area (Å²) < 4.78 is 5.83. The minimum absolute atomic E-state index is 0.00995. The first-order valence-corrected chi connectivity index (χ1v) is 11.0. The Labute approximate surface area is 176 Å². The maximum absolute atomic E-state index is 13.2. The lowest BCUT2D eigenvalue weighted by Crippen LogP contribution is -2.57. The molecule has 2 aliphatic carbocycles. The molecule has 3 atom stereocenters. The van der Waals surface area contributed by atoms with Gasteiger partial charge in [-0.25, -0.2) is 9.59 Å². The molecule has 3 aliphatic rings. The van der Waals surface area contributed by atoms with Crippen molar-refractivity contribution in [3.8, 4) is 11.1 Å². The SMILES string of the molecule is O=C(O)C1CCC2CCCCC2N1C(=O)OCC1c2ccccc2-c2ccccc21. The van der Waals surface area contributed by atoms with Crippen LogP contribution in [-0.4, -0.2) is 40.8 Å². The normalized spacial score (nSPS) is 25.2. The minimum atomic E-state index is -0.924.